The first-order valence-electron chi connectivity index (χ1n) is 5.39. The summed E-state index contributed by atoms with van der Waals surface area (Å²) in [7, 11) is 1.85. The van der Waals surface area contributed by atoms with Crippen molar-refractivity contribution in [1.82, 2.24) is 24.9 Å². The number of aryl methyl sites for hydroxylation is 2. The maximum Gasteiger partial charge on any atom is 0.242 e. The molecule has 2 heterocycles. The molecule has 0 radical (unpaired) electrons. The third-order valence-electron chi connectivity index (χ3n) is 2.32. The van der Waals surface area contributed by atoms with Gasteiger partial charge in [0.15, 0.2) is 0 Å². The molecule has 0 aliphatic rings. The van der Waals surface area contributed by atoms with Gasteiger partial charge in [-0.25, -0.2) is 0 Å². The van der Waals surface area contributed by atoms with Crippen LogP contribution < -0.4 is 5.32 Å². The summed E-state index contributed by atoms with van der Waals surface area (Å²) in [5, 5.41) is 11.1. The molecule has 0 unspecified atom stereocenters. The Labute approximate surface area is 99.2 Å². The van der Waals surface area contributed by atoms with Gasteiger partial charge < -0.3 is 5.32 Å². The zero-order valence-corrected chi connectivity index (χ0v) is 9.92. The van der Waals surface area contributed by atoms with Gasteiger partial charge in [-0.15, -0.1) is 0 Å². The van der Waals surface area contributed by atoms with Crippen LogP contribution in [0, 0.1) is 6.92 Å². The van der Waals surface area contributed by atoms with Crippen molar-refractivity contribution in [3.63, 3.8) is 0 Å². The first-order valence-corrected chi connectivity index (χ1v) is 5.39. The lowest BCUT2D eigenvalue weighted by Crippen LogP contribution is -2.27. The van der Waals surface area contributed by atoms with Crippen molar-refractivity contribution in [2.45, 2.75) is 20.0 Å². The third-order valence-corrected chi connectivity index (χ3v) is 2.32. The molecule has 0 saturated heterocycles. The van der Waals surface area contributed by atoms with E-state index in [1.807, 2.05) is 32.3 Å². The molecule has 0 bridgehead atoms. The topological polar surface area (TPSA) is 64.7 Å². The number of carbonyl (C=O) groups is 1. The molecule has 1 N–H and O–H groups in total. The summed E-state index contributed by atoms with van der Waals surface area (Å²) >= 11 is 0. The summed E-state index contributed by atoms with van der Waals surface area (Å²) in [5.74, 6) is -0.0706. The lowest BCUT2D eigenvalue weighted by molar-refractivity contribution is -0.122. The van der Waals surface area contributed by atoms with Crippen molar-refractivity contribution in [3.8, 4) is 0 Å². The molecule has 0 fully saturated rings. The molecule has 0 saturated carbocycles. The normalized spacial score (nSPS) is 10.5. The molecule has 1 amide bonds. The maximum absolute atomic E-state index is 11.6. The lowest BCUT2D eigenvalue weighted by Gasteiger charge is -2.03. The molecular formula is C11H15N5O. The lowest BCUT2D eigenvalue weighted by atomic mass is 10.4. The highest BCUT2D eigenvalue weighted by Crippen LogP contribution is 1.94. The Hall–Kier alpha value is -2.11. The fourth-order valence-corrected chi connectivity index (χ4v) is 1.50. The predicted octanol–water partition coefficient (Wildman–Crippen LogP) is 0.241. The zero-order chi connectivity index (χ0) is 12.3. The zero-order valence-electron chi connectivity index (χ0n) is 9.92. The summed E-state index contributed by atoms with van der Waals surface area (Å²) in [5.41, 5.74) is 1.75. The second-order valence-corrected chi connectivity index (χ2v) is 3.91. The van der Waals surface area contributed by atoms with Crippen LogP contribution in [0.15, 0.2) is 24.5 Å². The summed E-state index contributed by atoms with van der Waals surface area (Å²) in [6.45, 7) is 2.57. The molecule has 6 nitrogen and oxygen atoms in total. The minimum Gasteiger partial charge on any atom is -0.349 e. The van der Waals surface area contributed by atoms with Crippen LogP contribution in [0.5, 0.6) is 0 Å². The van der Waals surface area contributed by atoms with Gasteiger partial charge in [0.05, 0.1) is 17.9 Å². The average molecular weight is 233 g/mol. The maximum atomic E-state index is 11.6. The Morgan fingerprint density at radius 1 is 1.35 bits per heavy atom. The molecular weight excluding hydrogens is 218 g/mol. The molecule has 17 heavy (non-hydrogen) atoms. The van der Waals surface area contributed by atoms with Gasteiger partial charge in [-0.1, -0.05) is 0 Å². The minimum atomic E-state index is -0.0706. The highest BCUT2D eigenvalue weighted by Gasteiger charge is 2.04. The first-order chi connectivity index (χ1) is 8.13. The molecule has 0 aliphatic heterocycles. The summed E-state index contributed by atoms with van der Waals surface area (Å²) in [6.07, 6.45) is 3.63. The highest BCUT2D eigenvalue weighted by molar-refractivity contribution is 5.75. The van der Waals surface area contributed by atoms with E-state index in [0.29, 0.717) is 6.54 Å². The largest absolute Gasteiger partial charge is 0.349 e. The average Bonchev–Trinajstić information content (AvgIpc) is 2.85. The van der Waals surface area contributed by atoms with Crippen LogP contribution in [-0.2, 0) is 24.9 Å². The van der Waals surface area contributed by atoms with Crippen LogP contribution in [0.2, 0.25) is 0 Å². The van der Waals surface area contributed by atoms with Gasteiger partial charge in [0.2, 0.25) is 5.91 Å². The summed E-state index contributed by atoms with van der Waals surface area (Å²) < 4.78 is 3.32. The van der Waals surface area contributed by atoms with E-state index in [1.165, 1.54) is 0 Å². The highest BCUT2D eigenvalue weighted by atomic mass is 16.2. The number of nitrogens with one attached hydrogen (secondary N) is 1. The SMILES string of the molecule is Cc1ccn(CC(=O)NCc2ccn(C)n2)n1. The van der Waals surface area contributed by atoms with Crippen molar-refractivity contribution in [1.29, 1.82) is 0 Å². The Bertz CT molecular complexity index is 513. The number of nitrogens with zero attached hydrogens (tertiary/aromatic N) is 4. The quantitative estimate of drug-likeness (QED) is 0.822. The number of carbonyl (C=O) groups excluding carboxylic acids is 1. The summed E-state index contributed by atoms with van der Waals surface area (Å²) in [6, 6.07) is 3.74. The van der Waals surface area contributed by atoms with Gasteiger partial charge >= 0.3 is 0 Å². The van der Waals surface area contributed by atoms with Crippen molar-refractivity contribution < 1.29 is 4.79 Å². The Kier molecular flexibility index (Phi) is 3.22. The number of hydrogen-bond acceptors (Lipinski definition) is 3. The van der Waals surface area contributed by atoms with Crippen molar-refractivity contribution in [2.24, 2.45) is 7.05 Å². The van der Waals surface area contributed by atoms with Gasteiger partial charge in [0, 0.05) is 19.4 Å². The van der Waals surface area contributed by atoms with Crippen LogP contribution in [0.3, 0.4) is 0 Å². The molecule has 6 heteroatoms. The van der Waals surface area contributed by atoms with E-state index in [4.69, 9.17) is 0 Å². The van der Waals surface area contributed by atoms with E-state index >= 15 is 0 Å². The predicted molar refractivity (Wildman–Crippen MR) is 62.0 cm³/mol. The number of aromatic nitrogens is 4. The van der Waals surface area contributed by atoms with Crippen LogP contribution in [0.1, 0.15) is 11.4 Å². The van der Waals surface area contributed by atoms with Gasteiger partial charge in [0.1, 0.15) is 6.54 Å². The van der Waals surface area contributed by atoms with E-state index in [9.17, 15) is 4.79 Å². The molecule has 0 aliphatic carbocycles. The Morgan fingerprint density at radius 2 is 2.18 bits per heavy atom. The number of hydrogen-bond donors (Lipinski definition) is 1. The molecule has 2 rings (SSSR count). The fraction of sp³-hybridized carbons (Fsp3) is 0.364. The second kappa shape index (κ2) is 4.82. The fourth-order valence-electron chi connectivity index (χ4n) is 1.50. The number of rotatable bonds is 4. The van der Waals surface area contributed by atoms with E-state index in [0.717, 1.165) is 11.4 Å². The molecule has 2 aromatic rings. The Morgan fingerprint density at radius 3 is 2.76 bits per heavy atom. The molecule has 2 aromatic heterocycles. The molecule has 0 spiro atoms. The van der Waals surface area contributed by atoms with Gasteiger partial charge in [-0.2, -0.15) is 10.2 Å². The van der Waals surface area contributed by atoms with Gasteiger partial charge in [0.25, 0.3) is 0 Å². The smallest absolute Gasteiger partial charge is 0.242 e. The number of amides is 1. The van der Waals surface area contributed by atoms with E-state index in [1.54, 1.807) is 15.6 Å². The van der Waals surface area contributed by atoms with E-state index < -0.39 is 0 Å². The first kappa shape index (κ1) is 11.4. The molecule has 0 aromatic carbocycles. The van der Waals surface area contributed by atoms with Crippen LogP contribution in [0.4, 0.5) is 0 Å². The van der Waals surface area contributed by atoms with Crippen molar-refractivity contribution in [3.05, 3.63) is 35.9 Å². The van der Waals surface area contributed by atoms with Crippen LogP contribution in [0.25, 0.3) is 0 Å². The van der Waals surface area contributed by atoms with E-state index in [-0.39, 0.29) is 12.5 Å². The van der Waals surface area contributed by atoms with Gasteiger partial charge in [-0.3, -0.25) is 14.2 Å². The minimum absolute atomic E-state index is 0.0706. The van der Waals surface area contributed by atoms with Gasteiger partial charge in [-0.05, 0) is 19.1 Å². The molecule has 0 atom stereocenters. The molecule has 90 valence electrons. The van der Waals surface area contributed by atoms with Crippen molar-refractivity contribution >= 4 is 5.91 Å². The Balaban J connectivity index is 1.82. The third kappa shape index (κ3) is 3.17. The second-order valence-electron chi connectivity index (χ2n) is 3.91. The van der Waals surface area contributed by atoms with Crippen molar-refractivity contribution in [2.75, 3.05) is 0 Å². The van der Waals surface area contributed by atoms with Crippen LogP contribution in [-0.4, -0.2) is 25.5 Å². The van der Waals surface area contributed by atoms with E-state index in [2.05, 4.69) is 15.5 Å². The standard InChI is InChI=1S/C11H15N5O/c1-9-3-6-16(13-9)8-11(17)12-7-10-4-5-15(2)14-10/h3-6H,7-8H2,1-2H3,(H,12,17). The summed E-state index contributed by atoms with van der Waals surface area (Å²) in [4.78, 5) is 11.6. The monoisotopic (exact) mass is 233 g/mol. The van der Waals surface area contributed by atoms with Crippen LogP contribution >= 0.6 is 0 Å².